The molecule has 0 radical (unpaired) electrons. The fourth-order valence-corrected chi connectivity index (χ4v) is 3.55. The van der Waals surface area contributed by atoms with Gasteiger partial charge in [0, 0.05) is 12.7 Å². The first-order valence-corrected chi connectivity index (χ1v) is 9.91. The van der Waals surface area contributed by atoms with E-state index in [1.165, 1.54) is 21.9 Å². The maximum atomic E-state index is 13.2. The Morgan fingerprint density at radius 3 is 2.41 bits per heavy atom. The molecule has 2 amide bonds. The zero-order valence-corrected chi connectivity index (χ0v) is 17.0. The molecule has 0 aliphatic carbocycles. The molecule has 2 aromatic rings. The molecule has 2 heterocycles. The second-order valence-electron chi connectivity index (χ2n) is 7.67. The van der Waals surface area contributed by atoms with E-state index >= 15 is 0 Å². The Labute approximate surface area is 170 Å². The van der Waals surface area contributed by atoms with Gasteiger partial charge in [-0.1, -0.05) is 6.07 Å². The quantitative estimate of drug-likeness (QED) is 0.561. The molecule has 1 aliphatic rings. The van der Waals surface area contributed by atoms with Gasteiger partial charge in [0.2, 0.25) is 0 Å². The van der Waals surface area contributed by atoms with Gasteiger partial charge in [-0.25, -0.2) is 4.39 Å². The lowest BCUT2D eigenvalue weighted by Gasteiger charge is -2.29. The van der Waals surface area contributed by atoms with E-state index in [9.17, 15) is 14.0 Å². The molecule has 0 spiro atoms. The zero-order chi connectivity index (χ0) is 20.8. The first-order valence-electron chi connectivity index (χ1n) is 9.91. The molecule has 0 atom stereocenters. The average molecular weight is 404 g/mol. The predicted molar refractivity (Wildman–Crippen MR) is 106 cm³/mol. The fraction of sp³-hybridized carbons (Fsp3) is 0.429. The number of amides is 2. The first-order chi connectivity index (χ1) is 13.9. The molecule has 0 unspecified atom stereocenters. The van der Waals surface area contributed by atoms with Crippen molar-refractivity contribution in [1.29, 1.82) is 0 Å². The van der Waals surface area contributed by atoms with Crippen molar-refractivity contribution in [3.05, 3.63) is 53.7 Å². The highest BCUT2D eigenvalue weighted by molar-refractivity contribution is 5.91. The Bertz CT molecular complexity index is 846. The van der Waals surface area contributed by atoms with Crippen molar-refractivity contribution in [3.63, 3.8) is 0 Å². The second-order valence-corrected chi connectivity index (χ2v) is 7.67. The van der Waals surface area contributed by atoms with E-state index in [2.05, 4.69) is 5.32 Å². The van der Waals surface area contributed by atoms with Crippen molar-refractivity contribution in [2.45, 2.75) is 13.5 Å². The van der Waals surface area contributed by atoms with E-state index in [0.717, 1.165) is 37.7 Å². The van der Waals surface area contributed by atoms with Crippen LogP contribution in [0.5, 0.6) is 0 Å². The van der Waals surface area contributed by atoms with Gasteiger partial charge < -0.3 is 24.4 Å². The maximum absolute atomic E-state index is 13.2. The van der Waals surface area contributed by atoms with Gasteiger partial charge in [-0.2, -0.15) is 0 Å². The van der Waals surface area contributed by atoms with Crippen molar-refractivity contribution in [1.82, 2.24) is 4.90 Å². The van der Waals surface area contributed by atoms with Crippen LogP contribution in [0.25, 0.3) is 0 Å². The van der Waals surface area contributed by atoms with Crippen LogP contribution < -0.4 is 15.1 Å². The number of nitrogens with one attached hydrogen (secondary N) is 3. The highest BCUT2D eigenvalue weighted by Gasteiger charge is 2.27. The molecule has 1 aromatic carbocycles. The molecule has 1 aliphatic heterocycles. The highest BCUT2D eigenvalue weighted by Crippen LogP contribution is 2.09. The largest absolute Gasteiger partial charge is 0.464 e. The maximum Gasteiger partial charge on any atom is 0.279 e. The monoisotopic (exact) mass is 404 g/mol. The number of likely N-dealkylation sites (N-methyl/N-ethyl adjacent to an activating group) is 1. The minimum Gasteiger partial charge on any atom is -0.464 e. The van der Waals surface area contributed by atoms with Gasteiger partial charge in [-0.05, 0) is 37.3 Å². The van der Waals surface area contributed by atoms with E-state index in [0.29, 0.717) is 25.3 Å². The van der Waals surface area contributed by atoms with Crippen molar-refractivity contribution >= 4 is 17.5 Å². The van der Waals surface area contributed by atoms with Crippen LogP contribution in [0.15, 0.2) is 40.8 Å². The number of furan rings is 1. The van der Waals surface area contributed by atoms with Crippen LogP contribution in [0.1, 0.15) is 11.5 Å². The van der Waals surface area contributed by atoms with Gasteiger partial charge in [-0.3, -0.25) is 9.59 Å². The van der Waals surface area contributed by atoms with E-state index in [1.54, 1.807) is 24.1 Å². The minimum absolute atomic E-state index is 0.0846. The second kappa shape index (κ2) is 9.67. The van der Waals surface area contributed by atoms with E-state index in [-0.39, 0.29) is 17.6 Å². The summed E-state index contributed by atoms with van der Waals surface area (Å²) in [5.74, 6) is 1.21. The molecule has 3 N–H and O–H groups in total. The summed E-state index contributed by atoms with van der Waals surface area (Å²) < 4.78 is 18.7. The average Bonchev–Trinajstić information content (AvgIpc) is 3.08. The summed E-state index contributed by atoms with van der Waals surface area (Å²) in [5, 5.41) is 2.74. The first kappa shape index (κ1) is 21.0. The number of piperazine rings is 1. The fourth-order valence-electron chi connectivity index (χ4n) is 3.55. The SMILES string of the molecule is Cc1ccc(CN(C)C(=O)C[NH+]2CC[NH+](CC(=O)Nc3cccc(F)c3)CC2)o1. The molecule has 8 heteroatoms. The number of hydrogen-bond donors (Lipinski definition) is 3. The number of rotatable bonds is 7. The van der Waals surface area contributed by atoms with Gasteiger partial charge >= 0.3 is 0 Å². The number of carbonyl (C=O) groups excluding carboxylic acids is 2. The number of anilines is 1. The van der Waals surface area contributed by atoms with Crippen molar-refractivity contribution in [3.8, 4) is 0 Å². The molecule has 1 saturated heterocycles. The van der Waals surface area contributed by atoms with E-state index < -0.39 is 0 Å². The summed E-state index contributed by atoms with van der Waals surface area (Å²) in [6, 6.07) is 9.68. The van der Waals surface area contributed by atoms with Crippen LogP contribution in [0.3, 0.4) is 0 Å². The lowest BCUT2D eigenvalue weighted by Crippen LogP contribution is -3.28. The van der Waals surface area contributed by atoms with Gasteiger partial charge in [0.15, 0.2) is 13.1 Å². The van der Waals surface area contributed by atoms with Gasteiger partial charge in [-0.15, -0.1) is 0 Å². The smallest absolute Gasteiger partial charge is 0.279 e. The highest BCUT2D eigenvalue weighted by atomic mass is 19.1. The standard InChI is InChI=1S/C21H27FN4O3/c1-16-6-7-19(29-16)13-24(2)21(28)15-26-10-8-25(9-11-26)14-20(27)23-18-5-3-4-17(22)12-18/h3-7,12H,8-11,13-15H2,1-2H3,(H,23,27)/p+2. The Balaban J connectivity index is 1.38. The Hall–Kier alpha value is -2.71. The summed E-state index contributed by atoms with van der Waals surface area (Å²) >= 11 is 0. The van der Waals surface area contributed by atoms with Crippen LogP contribution in [0.2, 0.25) is 0 Å². The van der Waals surface area contributed by atoms with Crippen LogP contribution in [0.4, 0.5) is 10.1 Å². The Morgan fingerprint density at radius 2 is 1.79 bits per heavy atom. The third-order valence-electron chi connectivity index (χ3n) is 5.20. The molecular weight excluding hydrogens is 375 g/mol. The molecule has 0 saturated carbocycles. The van der Waals surface area contributed by atoms with Crippen LogP contribution in [-0.4, -0.2) is 63.0 Å². The molecule has 3 rings (SSSR count). The number of halogens is 1. The molecule has 156 valence electrons. The van der Waals surface area contributed by atoms with Crippen molar-refractivity contribution in [2.75, 3.05) is 51.6 Å². The minimum atomic E-state index is -0.371. The number of benzene rings is 1. The zero-order valence-electron chi connectivity index (χ0n) is 17.0. The Morgan fingerprint density at radius 1 is 1.10 bits per heavy atom. The van der Waals surface area contributed by atoms with Crippen LogP contribution >= 0.6 is 0 Å². The van der Waals surface area contributed by atoms with E-state index in [1.807, 2.05) is 19.1 Å². The number of hydrogen-bond acceptors (Lipinski definition) is 3. The summed E-state index contributed by atoms with van der Waals surface area (Å²) in [6.07, 6.45) is 0. The molecule has 7 nitrogen and oxygen atoms in total. The third-order valence-corrected chi connectivity index (χ3v) is 5.20. The molecule has 0 bridgehead atoms. The summed E-state index contributed by atoms with van der Waals surface area (Å²) in [7, 11) is 1.79. The number of carbonyl (C=O) groups is 2. The molecular formula is C21H29FN4O3+2. The lowest BCUT2D eigenvalue weighted by atomic mass is 10.3. The Kier molecular flexibility index (Phi) is 7.00. The third kappa shape index (κ3) is 6.40. The summed E-state index contributed by atoms with van der Waals surface area (Å²) in [5.41, 5.74) is 0.471. The summed E-state index contributed by atoms with van der Waals surface area (Å²) in [4.78, 5) is 28.8. The molecule has 1 fully saturated rings. The van der Waals surface area contributed by atoms with Crippen molar-refractivity contribution < 1.29 is 28.2 Å². The number of aryl methyl sites for hydroxylation is 1. The topological polar surface area (TPSA) is 71.4 Å². The van der Waals surface area contributed by atoms with Crippen LogP contribution in [0, 0.1) is 12.7 Å². The number of quaternary nitrogens is 2. The normalized spacial score (nSPS) is 19.0. The van der Waals surface area contributed by atoms with Gasteiger partial charge in [0.1, 0.15) is 43.5 Å². The number of nitrogens with zero attached hydrogens (tertiary/aromatic N) is 1. The van der Waals surface area contributed by atoms with Crippen molar-refractivity contribution in [2.24, 2.45) is 0 Å². The molecule has 1 aromatic heterocycles. The predicted octanol–water partition coefficient (Wildman–Crippen LogP) is -0.892. The van der Waals surface area contributed by atoms with E-state index in [4.69, 9.17) is 4.42 Å². The lowest BCUT2D eigenvalue weighted by molar-refractivity contribution is -1.00. The summed E-state index contributed by atoms with van der Waals surface area (Å²) in [6.45, 7) is 6.45. The van der Waals surface area contributed by atoms with Crippen LogP contribution in [-0.2, 0) is 16.1 Å². The van der Waals surface area contributed by atoms with Gasteiger partial charge in [0.05, 0.1) is 6.54 Å². The molecule has 29 heavy (non-hydrogen) atoms. The van der Waals surface area contributed by atoms with Gasteiger partial charge in [0.25, 0.3) is 11.8 Å².